The molecule has 1 aromatic carbocycles. The Morgan fingerprint density at radius 2 is 1.53 bits per heavy atom. The fourth-order valence-corrected chi connectivity index (χ4v) is 1.51. The van der Waals surface area contributed by atoms with Gasteiger partial charge in [0.2, 0.25) is 0 Å². The summed E-state index contributed by atoms with van der Waals surface area (Å²) in [5.74, 6) is -7.32. The number of aromatic hydroxyl groups is 1. The normalized spacial score (nSPS) is 12.8. The summed E-state index contributed by atoms with van der Waals surface area (Å²) < 4.78 is 74.6. The fourth-order valence-electron chi connectivity index (χ4n) is 1.51. The number of carboxylic acid groups (broad SMARTS) is 1. The third kappa shape index (κ3) is 3.09. The van der Waals surface area contributed by atoms with E-state index >= 15 is 0 Å². The van der Waals surface area contributed by atoms with Gasteiger partial charge in [0.05, 0.1) is 0 Å². The molecule has 0 unspecified atom stereocenters. The average Bonchev–Trinajstić information content (AvgIpc) is 2.16. The maximum atomic E-state index is 12.4. The second kappa shape index (κ2) is 4.63. The first-order chi connectivity index (χ1) is 8.46. The van der Waals surface area contributed by atoms with Crippen LogP contribution in [0.5, 0.6) is 5.75 Å². The summed E-state index contributed by atoms with van der Waals surface area (Å²) in [5.41, 5.74) is -2.57. The van der Waals surface area contributed by atoms with E-state index in [0.717, 1.165) is 0 Å². The largest absolute Gasteiger partial charge is 0.507 e. The molecule has 0 aliphatic carbocycles. The molecular formula is C10H6F6O3. The standard InChI is InChI=1S/C10H6F6O3/c11-9(12,13)7(10(14,15)16)4-2-1-3-5(6(4)17)8(18)19/h1-3,7,17H,(H,18,19). The van der Waals surface area contributed by atoms with E-state index in [1.54, 1.807) is 0 Å². The van der Waals surface area contributed by atoms with Gasteiger partial charge in [-0.25, -0.2) is 4.79 Å². The predicted molar refractivity (Wildman–Crippen MR) is 49.9 cm³/mol. The summed E-state index contributed by atoms with van der Waals surface area (Å²) in [6, 6.07) is 1.78. The lowest BCUT2D eigenvalue weighted by molar-refractivity contribution is -0.253. The Kier molecular flexibility index (Phi) is 3.69. The summed E-state index contributed by atoms with van der Waals surface area (Å²) in [7, 11) is 0. The number of alkyl halides is 6. The molecule has 0 bridgehead atoms. The van der Waals surface area contributed by atoms with E-state index < -0.39 is 41.1 Å². The predicted octanol–water partition coefficient (Wildman–Crippen LogP) is 3.30. The Labute approximate surface area is 102 Å². The van der Waals surface area contributed by atoms with Gasteiger partial charge in [-0.05, 0) is 6.07 Å². The molecule has 0 aliphatic rings. The number of hydrogen-bond donors (Lipinski definition) is 2. The first-order valence-corrected chi connectivity index (χ1v) is 4.65. The molecule has 9 heteroatoms. The maximum absolute atomic E-state index is 12.4. The summed E-state index contributed by atoms with van der Waals surface area (Å²) in [4.78, 5) is 10.6. The van der Waals surface area contributed by atoms with Crippen molar-refractivity contribution in [2.75, 3.05) is 0 Å². The van der Waals surface area contributed by atoms with Crippen LogP contribution in [0.15, 0.2) is 18.2 Å². The third-order valence-electron chi connectivity index (χ3n) is 2.26. The first-order valence-electron chi connectivity index (χ1n) is 4.65. The molecule has 0 atom stereocenters. The molecule has 0 aromatic heterocycles. The van der Waals surface area contributed by atoms with Gasteiger partial charge in [0, 0.05) is 5.56 Å². The van der Waals surface area contributed by atoms with E-state index in [1.807, 2.05) is 0 Å². The van der Waals surface area contributed by atoms with Crippen molar-refractivity contribution in [2.24, 2.45) is 0 Å². The second-order valence-electron chi connectivity index (χ2n) is 3.56. The molecule has 0 spiro atoms. The van der Waals surface area contributed by atoms with Crippen molar-refractivity contribution in [1.29, 1.82) is 0 Å². The average molecular weight is 288 g/mol. The first kappa shape index (κ1) is 15.1. The van der Waals surface area contributed by atoms with Crippen molar-refractivity contribution in [3.8, 4) is 5.75 Å². The molecule has 0 amide bonds. The van der Waals surface area contributed by atoms with E-state index in [9.17, 15) is 36.2 Å². The number of rotatable bonds is 2. The minimum Gasteiger partial charge on any atom is -0.507 e. The molecule has 1 aromatic rings. The minimum atomic E-state index is -5.70. The highest BCUT2D eigenvalue weighted by Crippen LogP contribution is 2.49. The third-order valence-corrected chi connectivity index (χ3v) is 2.26. The van der Waals surface area contributed by atoms with Crippen molar-refractivity contribution in [3.05, 3.63) is 29.3 Å². The Hall–Kier alpha value is -1.93. The monoisotopic (exact) mass is 288 g/mol. The van der Waals surface area contributed by atoms with Crippen LogP contribution in [-0.4, -0.2) is 28.5 Å². The zero-order chi connectivity index (χ0) is 15.0. The van der Waals surface area contributed by atoms with Gasteiger partial charge in [-0.2, -0.15) is 26.3 Å². The Morgan fingerprint density at radius 1 is 1.05 bits per heavy atom. The van der Waals surface area contributed by atoms with Crippen molar-refractivity contribution in [3.63, 3.8) is 0 Å². The molecular weight excluding hydrogens is 282 g/mol. The van der Waals surface area contributed by atoms with Crippen LogP contribution in [0.4, 0.5) is 26.3 Å². The van der Waals surface area contributed by atoms with Crippen molar-refractivity contribution < 1.29 is 41.4 Å². The molecule has 3 nitrogen and oxygen atoms in total. The smallest absolute Gasteiger partial charge is 0.404 e. The van der Waals surface area contributed by atoms with Gasteiger partial charge in [0.15, 0.2) is 5.92 Å². The Bertz CT molecular complexity index is 477. The number of benzene rings is 1. The van der Waals surface area contributed by atoms with Gasteiger partial charge < -0.3 is 10.2 Å². The number of phenols is 1. The van der Waals surface area contributed by atoms with Crippen LogP contribution in [0.2, 0.25) is 0 Å². The molecule has 2 N–H and O–H groups in total. The van der Waals surface area contributed by atoms with Gasteiger partial charge in [0.1, 0.15) is 11.3 Å². The molecule has 0 saturated heterocycles. The Balaban J connectivity index is 3.49. The van der Waals surface area contributed by atoms with Crippen LogP contribution in [0.1, 0.15) is 21.8 Å². The van der Waals surface area contributed by atoms with Crippen LogP contribution in [0.25, 0.3) is 0 Å². The maximum Gasteiger partial charge on any atom is 0.404 e. The summed E-state index contributed by atoms with van der Waals surface area (Å²) in [6.07, 6.45) is -11.4. The van der Waals surface area contributed by atoms with Gasteiger partial charge in [-0.1, -0.05) is 12.1 Å². The molecule has 1 rings (SSSR count). The molecule has 0 aliphatic heterocycles. The highest BCUT2D eigenvalue weighted by atomic mass is 19.4. The topological polar surface area (TPSA) is 57.5 Å². The summed E-state index contributed by atoms with van der Waals surface area (Å²) in [6.45, 7) is 0. The molecule has 0 saturated carbocycles. The van der Waals surface area contributed by atoms with Crippen molar-refractivity contribution in [1.82, 2.24) is 0 Å². The molecule has 0 heterocycles. The fraction of sp³-hybridized carbons (Fsp3) is 0.300. The van der Waals surface area contributed by atoms with Gasteiger partial charge in [-0.15, -0.1) is 0 Å². The van der Waals surface area contributed by atoms with E-state index in [0.29, 0.717) is 18.2 Å². The van der Waals surface area contributed by atoms with Gasteiger partial charge in [0.25, 0.3) is 0 Å². The zero-order valence-corrected chi connectivity index (χ0v) is 8.88. The Morgan fingerprint density at radius 3 is 1.89 bits per heavy atom. The minimum absolute atomic E-state index is 0.382. The quantitative estimate of drug-likeness (QED) is 0.821. The van der Waals surface area contributed by atoms with Crippen molar-refractivity contribution in [2.45, 2.75) is 18.3 Å². The number of para-hydroxylation sites is 1. The second-order valence-corrected chi connectivity index (χ2v) is 3.56. The van der Waals surface area contributed by atoms with Crippen LogP contribution >= 0.6 is 0 Å². The number of halogens is 6. The van der Waals surface area contributed by atoms with E-state index in [4.69, 9.17) is 5.11 Å². The molecule has 19 heavy (non-hydrogen) atoms. The van der Waals surface area contributed by atoms with Crippen LogP contribution in [0, 0.1) is 0 Å². The van der Waals surface area contributed by atoms with Crippen molar-refractivity contribution >= 4 is 5.97 Å². The van der Waals surface area contributed by atoms with Gasteiger partial charge >= 0.3 is 18.3 Å². The molecule has 0 radical (unpaired) electrons. The van der Waals surface area contributed by atoms with Crippen LogP contribution in [0.3, 0.4) is 0 Å². The highest BCUT2D eigenvalue weighted by molar-refractivity contribution is 5.91. The van der Waals surface area contributed by atoms with E-state index in [-0.39, 0.29) is 0 Å². The zero-order valence-electron chi connectivity index (χ0n) is 8.88. The lowest BCUT2D eigenvalue weighted by Gasteiger charge is -2.24. The number of aromatic carboxylic acids is 1. The summed E-state index contributed by atoms with van der Waals surface area (Å²) >= 11 is 0. The number of carbonyl (C=O) groups is 1. The van der Waals surface area contributed by atoms with Crippen LogP contribution in [-0.2, 0) is 0 Å². The lowest BCUT2D eigenvalue weighted by atomic mass is 9.94. The van der Waals surface area contributed by atoms with E-state index in [2.05, 4.69) is 0 Å². The SMILES string of the molecule is O=C(O)c1cccc(C(C(F)(F)F)C(F)(F)F)c1O. The molecule has 106 valence electrons. The van der Waals surface area contributed by atoms with Crippen LogP contribution < -0.4 is 0 Å². The number of hydrogen-bond acceptors (Lipinski definition) is 2. The molecule has 0 fully saturated rings. The van der Waals surface area contributed by atoms with E-state index in [1.165, 1.54) is 0 Å². The number of carboxylic acids is 1. The summed E-state index contributed by atoms with van der Waals surface area (Å²) in [5, 5.41) is 17.8. The lowest BCUT2D eigenvalue weighted by Crippen LogP contribution is -2.34. The highest BCUT2D eigenvalue weighted by Gasteiger charge is 2.58. The van der Waals surface area contributed by atoms with Gasteiger partial charge in [-0.3, -0.25) is 0 Å².